The number of ether oxygens (including phenoxy) is 1. The lowest BCUT2D eigenvalue weighted by Crippen LogP contribution is -2.11. The topological polar surface area (TPSA) is 88.1 Å². The molecule has 5 nitrogen and oxygen atoms in total. The second-order valence-electron chi connectivity index (χ2n) is 3.98. The van der Waals surface area contributed by atoms with Crippen LogP contribution in [0, 0.1) is 0 Å². The molecule has 0 atom stereocenters. The lowest BCUT2D eigenvalue weighted by Gasteiger charge is -2.10. The second kappa shape index (κ2) is 8.36. The van der Waals surface area contributed by atoms with Crippen LogP contribution in [0.25, 0.3) is 0 Å². The third-order valence-electron chi connectivity index (χ3n) is 2.57. The first-order valence-corrected chi connectivity index (χ1v) is 6.06. The van der Waals surface area contributed by atoms with E-state index in [1.54, 1.807) is 0 Å². The van der Waals surface area contributed by atoms with Crippen LogP contribution in [-0.2, 0) is 6.42 Å². The van der Waals surface area contributed by atoms with Crippen molar-refractivity contribution in [1.82, 2.24) is 0 Å². The smallest absolute Gasteiger partial charge is 0.139 e. The molecular formula is C13H20N2O3. The predicted molar refractivity (Wildman–Crippen MR) is 70.0 cm³/mol. The molecule has 1 aromatic carbocycles. The highest BCUT2D eigenvalue weighted by atomic mass is 16.5. The number of amidine groups is 1. The number of aliphatic hydroxyl groups is 1. The number of aliphatic hydroxyl groups excluding tert-OH is 1. The SMILES string of the molecule is N/C(CCCCOc1ccccc1CCO)=N/O. The van der Waals surface area contributed by atoms with Crippen LogP contribution in [0.1, 0.15) is 24.8 Å². The zero-order valence-electron chi connectivity index (χ0n) is 10.4. The predicted octanol–water partition coefficient (Wildman–Crippen LogP) is 1.52. The highest BCUT2D eigenvalue weighted by Gasteiger charge is 2.02. The molecule has 0 saturated carbocycles. The van der Waals surface area contributed by atoms with Gasteiger partial charge < -0.3 is 20.8 Å². The Labute approximate surface area is 107 Å². The number of nitrogens with two attached hydrogens (primary N) is 1. The quantitative estimate of drug-likeness (QED) is 0.215. The van der Waals surface area contributed by atoms with Gasteiger partial charge in [0.15, 0.2) is 0 Å². The summed E-state index contributed by atoms with van der Waals surface area (Å²) in [6.07, 6.45) is 2.82. The van der Waals surface area contributed by atoms with Gasteiger partial charge in [0.1, 0.15) is 11.6 Å². The van der Waals surface area contributed by atoms with Crippen molar-refractivity contribution in [2.75, 3.05) is 13.2 Å². The Kier molecular flexibility index (Phi) is 6.64. The van der Waals surface area contributed by atoms with Crippen molar-refractivity contribution in [3.8, 4) is 5.75 Å². The van der Waals surface area contributed by atoms with E-state index in [4.69, 9.17) is 20.8 Å². The van der Waals surface area contributed by atoms with Crippen LogP contribution < -0.4 is 10.5 Å². The largest absolute Gasteiger partial charge is 0.493 e. The molecule has 0 aliphatic rings. The lowest BCUT2D eigenvalue weighted by atomic mass is 10.1. The molecule has 5 heteroatoms. The maximum Gasteiger partial charge on any atom is 0.139 e. The molecule has 0 aliphatic carbocycles. The molecule has 1 aromatic rings. The van der Waals surface area contributed by atoms with E-state index < -0.39 is 0 Å². The minimum absolute atomic E-state index is 0.115. The van der Waals surface area contributed by atoms with Gasteiger partial charge in [0.25, 0.3) is 0 Å². The minimum atomic E-state index is 0.115. The molecule has 0 radical (unpaired) electrons. The van der Waals surface area contributed by atoms with E-state index in [0.717, 1.165) is 24.2 Å². The summed E-state index contributed by atoms with van der Waals surface area (Å²) in [4.78, 5) is 0. The molecule has 0 bridgehead atoms. The second-order valence-corrected chi connectivity index (χ2v) is 3.98. The van der Waals surface area contributed by atoms with Crippen molar-refractivity contribution < 1.29 is 15.1 Å². The van der Waals surface area contributed by atoms with Gasteiger partial charge in [0, 0.05) is 13.0 Å². The number of oxime groups is 1. The van der Waals surface area contributed by atoms with E-state index in [2.05, 4.69) is 5.16 Å². The lowest BCUT2D eigenvalue weighted by molar-refractivity contribution is 0.285. The van der Waals surface area contributed by atoms with Gasteiger partial charge in [-0.15, -0.1) is 0 Å². The van der Waals surface area contributed by atoms with Gasteiger partial charge in [0.05, 0.1) is 6.61 Å². The van der Waals surface area contributed by atoms with Gasteiger partial charge in [-0.25, -0.2) is 0 Å². The summed E-state index contributed by atoms with van der Waals surface area (Å²) < 4.78 is 5.65. The monoisotopic (exact) mass is 252 g/mol. The fraction of sp³-hybridized carbons (Fsp3) is 0.462. The normalized spacial score (nSPS) is 11.5. The van der Waals surface area contributed by atoms with Crippen LogP contribution in [0.4, 0.5) is 0 Å². The maximum absolute atomic E-state index is 8.94. The Morgan fingerprint density at radius 3 is 2.78 bits per heavy atom. The van der Waals surface area contributed by atoms with E-state index in [9.17, 15) is 0 Å². The van der Waals surface area contributed by atoms with Crippen molar-refractivity contribution >= 4 is 5.84 Å². The molecule has 0 amide bonds. The maximum atomic E-state index is 8.94. The van der Waals surface area contributed by atoms with Gasteiger partial charge in [-0.05, 0) is 30.9 Å². The molecule has 4 N–H and O–H groups in total. The summed E-state index contributed by atoms with van der Waals surface area (Å²) in [5.41, 5.74) is 6.37. The van der Waals surface area contributed by atoms with Crippen LogP contribution >= 0.6 is 0 Å². The van der Waals surface area contributed by atoms with Crippen LogP contribution in [-0.4, -0.2) is 29.4 Å². The van der Waals surface area contributed by atoms with Gasteiger partial charge in [0.2, 0.25) is 0 Å². The molecular weight excluding hydrogens is 232 g/mol. The number of hydrogen-bond donors (Lipinski definition) is 3. The number of para-hydroxylation sites is 1. The third-order valence-corrected chi connectivity index (χ3v) is 2.57. The summed E-state index contributed by atoms with van der Waals surface area (Å²) in [5, 5.41) is 20.2. The summed E-state index contributed by atoms with van der Waals surface area (Å²) in [7, 11) is 0. The Balaban J connectivity index is 2.30. The molecule has 0 unspecified atom stereocenters. The van der Waals surface area contributed by atoms with Crippen LogP contribution in [0.15, 0.2) is 29.4 Å². The molecule has 0 saturated heterocycles. The van der Waals surface area contributed by atoms with E-state index in [0.29, 0.717) is 19.4 Å². The third kappa shape index (κ3) is 5.05. The Morgan fingerprint density at radius 2 is 2.06 bits per heavy atom. The molecule has 0 fully saturated rings. The first-order chi connectivity index (χ1) is 8.77. The van der Waals surface area contributed by atoms with Crippen molar-refractivity contribution in [2.24, 2.45) is 10.9 Å². The molecule has 0 heterocycles. The first kappa shape index (κ1) is 14.3. The number of rotatable bonds is 8. The molecule has 0 aliphatic heterocycles. The summed E-state index contributed by atoms with van der Waals surface area (Å²) in [6.45, 7) is 0.699. The molecule has 1 rings (SSSR count). The minimum Gasteiger partial charge on any atom is -0.493 e. The van der Waals surface area contributed by atoms with Crippen molar-refractivity contribution in [1.29, 1.82) is 0 Å². The first-order valence-electron chi connectivity index (χ1n) is 6.06. The van der Waals surface area contributed by atoms with Crippen molar-refractivity contribution in [2.45, 2.75) is 25.7 Å². The number of hydrogen-bond acceptors (Lipinski definition) is 4. The van der Waals surface area contributed by atoms with E-state index in [1.807, 2.05) is 24.3 Å². The highest BCUT2D eigenvalue weighted by Crippen LogP contribution is 2.18. The zero-order chi connectivity index (χ0) is 13.2. The van der Waals surface area contributed by atoms with Crippen LogP contribution in [0.2, 0.25) is 0 Å². The number of unbranched alkanes of at least 4 members (excludes halogenated alkanes) is 1. The van der Waals surface area contributed by atoms with Gasteiger partial charge in [-0.1, -0.05) is 23.4 Å². The van der Waals surface area contributed by atoms with Gasteiger partial charge >= 0.3 is 0 Å². The fourth-order valence-corrected chi connectivity index (χ4v) is 1.61. The number of nitrogens with zero attached hydrogens (tertiary/aromatic N) is 1. The zero-order valence-corrected chi connectivity index (χ0v) is 10.4. The molecule has 0 spiro atoms. The van der Waals surface area contributed by atoms with Crippen molar-refractivity contribution in [3.63, 3.8) is 0 Å². The van der Waals surface area contributed by atoms with E-state index in [-0.39, 0.29) is 12.4 Å². The van der Waals surface area contributed by atoms with Gasteiger partial charge in [-0.2, -0.15) is 0 Å². The van der Waals surface area contributed by atoms with E-state index >= 15 is 0 Å². The Hall–Kier alpha value is -1.75. The summed E-state index contributed by atoms with van der Waals surface area (Å²) in [6, 6.07) is 7.68. The fourth-order valence-electron chi connectivity index (χ4n) is 1.61. The molecule has 0 aromatic heterocycles. The van der Waals surface area contributed by atoms with Crippen LogP contribution in [0.3, 0.4) is 0 Å². The Morgan fingerprint density at radius 1 is 1.28 bits per heavy atom. The highest BCUT2D eigenvalue weighted by molar-refractivity contribution is 5.79. The van der Waals surface area contributed by atoms with Crippen molar-refractivity contribution in [3.05, 3.63) is 29.8 Å². The standard InChI is InChI=1S/C13H20N2O3/c14-13(15-17)7-3-4-10-18-12-6-2-1-5-11(12)8-9-16/h1-2,5-6,16-17H,3-4,7-10H2,(H2,14,15). The average Bonchev–Trinajstić information content (AvgIpc) is 2.40. The van der Waals surface area contributed by atoms with Gasteiger partial charge in [-0.3, -0.25) is 0 Å². The van der Waals surface area contributed by atoms with Crippen LogP contribution in [0.5, 0.6) is 5.75 Å². The number of benzene rings is 1. The summed E-state index contributed by atoms with van der Waals surface area (Å²) in [5.74, 6) is 1.06. The Bertz CT molecular complexity index is 380. The molecule has 18 heavy (non-hydrogen) atoms. The average molecular weight is 252 g/mol. The van der Waals surface area contributed by atoms with E-state index in [1.165, 1.54) is 0 Å². The summed E-state index contributed by atoms with van der Waals surface area (Å²) >= 11 is 0. The molecule has 100 valence electrons.